The molecule has 45 heavy (non-hydrogen) atoms. The number of aryl methyl sites for hydroxylation is 1. The molecule has 3 amide bonds. The molecule has 14 heteroatoms. The number of hydrogen-bond acceptors (Lipinski definition) is 8. The molecule has 3 aromatic carbocycles. The van der Waals surface area contributed by atoms with Crippen LogP contribution >= 0.6 is 23.1 Å². The Hall–Kier alpha value is -4.56. The van der Waals surface area contributed by atoms with E-state index in [1.54, 1.807) is 30.3 Å². The van der Waals surface area contributed by atoms with Gasteiger partial charge < -0.3 is 19.8 Å². The molecule has 2 aliphatic rings. The molecule has 3 heterocycles. The Morgan fingerprint density at radius 3 is 2.47 bits per heavy atom. The quantitative estimate of drug-likeness (QED) is 0.250. The van der Waals surface area contributed by atoms with Gasteiger partial charge in [-0.15, -0.1) is 0 Å². The van der Waals surface area contributed by atoms with E-state index in [0.29, 0.717) is 21.2 Å². The van der Waals surface area contributed by atoms with Crippen LogP contribution in [-0.4, -0.2) is 41.7 Å². The number of alkyl halides is 3. The Bertz CT molecular complexity index is 1870. The summed E-state index contributed by atoms with van der Waals surface area (Å²) in [5, 5.41) is 2.16. The minimum Gasteiger partial charge on any atom is -0.493 e. The maximum atomic E-state index is 13.9. The van der Waals surface area contributed by atoms with E-state index in [1.807, 2.05) is 19.1 Å². The summed E-state index contributed by atoms with van der Waals surface area (Å²) in [7, 11) is 1.40. The number of methoxy groups -OCH3 is 1. The van der Waals surface area contributed by atoms with Gasteiger partial charge in [-0.05, 0) is 55.0 Å². The van der Waals surface area contributed by atoms with Gasteiger partial charge in [0, 0.05) is 16.5 Å². The summed E-state index contributed by atoms with van der Waals surface area (Å²) in [4.78, 5) is 56.1. The van der Waals surface area contributed by atoms with E-state index in [0.717, 1.165) is 51.8 Å². The Kier molecular flexibility index (Phi) is 7.95. The highest BCUT2D eigenvalue weighted by Crippen LogP contribution is 2.54. The monoisotopic (exact) mass is 655 g/mol. The van der Waals surface area contributed by atoms with Crippen LogP contribution in [0.2, 0.25) is 0 Å². The van der Waals surface area contributed by atoms with E-state index in [1.165, 1.54) is 13.2 Å². The first kappa shape index (κ1) is 30.5. The Morgan fingerprint density at radius 2 is 1.76 bits per heavy atom. The number of H-pyrrole nitrogens is 1. The second-order valence-corrected chi connectivity index (χ2v) is 12.6. The number of fused-ring (bicyclic) bond motifs is 2. The zero-order chi connectivity index (χ0) is 32.0. The van der Waals surface area contributed by atoms with Gasteiger partial charge in [0.25, 0.3) is 5.91 Å². The van der Waals surface area contributed by atoms with Crippen LogP contribution in [0.3, 0.4) is 0 Å². The molecule has 4 aromatic rings. The number of ether oxygens (including phenoxy) is 2. The largest absolute Gasteiger partial charge is 0.493 e. The molecule has 0 spiro atoms. The van der Waals surface area contributed by atoms with Gasteiger partial charge in [-0.1, -0.05) is 52.9 Å². The molecular formula is C31H24F3N3O6S2. The van der Waals surface area contributed by atoms with Crippen molar-refractivity contribution in [2.45, 2.75) is 29.3 Å². The van der Waals surface area contributed by atoms with Gasteiger partial charge in [0.15, 0.2) is 18.1 Å². The van der Waals surface area contributed by atoms with Crippen LogP contribution in [0.1, 0.15) is 27.5 Å². The molecular weight excluding hydrogens is 631 g/mol. The maximum Gasteiger partial charge on any atom is 0.416 e. The summed E-state index contributed by atoms with van der Waals surface area (Å²) >= 11 is 1.91. The van der Waals surface area contributed by atoms with Crippen molar-refractivity contribution < 1.29 is 37.0 Å². The number of hydrogen-bond donors (Lipinski definition) is 2. The minimum absolute atomic E-state index is 0.185. The number of imide groups is 1. The summed E-state index contributed by atoms with van der Waals surface area (Å²) in [5.74, 6) is -3.10. The molecule has 1 aromatic heterocycles. The van der Waals surface area contributed by atoms with Gasteiger partial charge in [-0.2, -0.15) is 13.2 Å². The van der Waals surface area contributed by atoms with Crippen LogP contribution in [-0.2, 0) is 20.6 Å². The highest BCUT2D eigenvalue weighted by molar-refractivity contribution is 8.00. The number of amides is 3. The highest BCUT2D eigenvalue weighted by atomic mass is 32.2. The third-order valence-electron chi connectivity index (χ3n) is 7.50. The Balaban J connectivity index is 1.30. The topological polar surface area (TPSA) is 118 Å². The number of rotatable bonds is 7. The van der Waals surface area contributed by atoms with E-state index in [4.69, 9.17) is 9.47 Å². The molecule has 3 atom stereocenters. The van der Waals surface area contributed by atoms with Crippen molar-refractivity contribution in [3.63, 3.8) is 0 Å². The van der Waals surface area contributed by atoms with Gasteiger partial charge in [-0.3, -0.25) is 19.2 Å². The van der Waals surface area contributed by atoms with E-state index in [-0.39, 0.29) is 28.7 Å². The maximum absolute atomic E-state index is 13.9. The van der Waals surface area contributed by atoms with Crippen LogP contribution in [0.25, 0.3) is 0 Å². The van der Waals surface area contributed by atoms with Crippen molar-refractivity contribution in [3.8, 4) is 11.5 Å². The lowest BCUT2D eigenvalue weighted by Crippen LogP contribution is -2.32. The number of carbonyl (C=O) groups is 3. The molecule has 2 N–H and O–H groups in total. The molecule has 2 aliphatic heterocycles. The predicted octanol–water partition coefficient (Wildman–Crippen LogP) is 5.59. The number of carbonyl (C=O) groups excluding carboxylic acids is 3. The number of nitrogens with zero attached hydrogens (tertiary/aromatic N) is 1. The lowest BCUT2D eigenvalue weighted by molar-refractivity contribution is -0.137. The number of thiazole rings is 1. The molecule has 0 bridgehead atoms. The zero-order valence-electron chi connectivity index (χ0n) is 23.6. The SMILES string of the molecule is COc1cc(C2c3sc(=O)[nH]c3SC3C(=O)N(c4cccc(C(F)(F)F)c4)C(=O)C32)ccc1OCC(=O)Nc1ccc(C)cc1. The average molecular weight is 656 g/mol. The molecule has 232 valence electrons. The second kappa shape index (κ2) is 11.7. The van der Waals surface area contributed by atoms with E-state index in [9.17, 15) is 32.3 Å². The van der Waals surface area contributed by atoms with Crippen molar-refractivity contribution in [3.05, 3.63) is 98.0 Å². The molecule has 3 unspecified atom stereocenters. The van der Waals surface area contributed by atoms with E-state index < -0.39 is 46.5 Å². The first-order valence-corrected chi connectivity index (χ1v) is 15.3. The highest BCUT2D eigenvalue weighted by Gasteiger charge is 2.56. The molecule has 0 saturated carbocycles. The summed E-state index contributed by atoms with van der Waals surface area (Å²) in [6, 6.07) is 16.1. The molecule has 0 radical (unpaired) electrons. The fourth-order valence-electron chi connectivity index (χ4n) is 5.43. The summed E-state index contributed by atoms with van der Waals surface area (Å²) in [6.07, 6.45) is -4.67. The first-order chi connectivity index (χ1) is 21.4. The zero-order valence-corrected chi connectivity index (χ0v) is 25.3. The van der Waals surface area contributed by atoms with Crippen molar-refractivity contribution in [1.29, 1.82) is 0 Å². The number of aromatic amines is 1. The standard InChI is InChI=1S/C31H24F3N3O6S2/c1-15-6-9-18(10-7-15)35-22(38)14-43-20-11-8-16(12-21(20)42-2)23-24-26(44-27-25(23)45-30(41)36-27)29(40)37(28(24)39)19-5-3-4-17(13-19)31(32,33)34/h3-13,23-24,26H,14H2,1-2H3,(H,35,38)(H,36,41). The molecule has 6 rings (SSSR count). The van der Waals surface area contributed by atoms with Crippen LogP contribution in [0.4, 0.5) is 24.5 Å². The third-order valence-corrected chi connectivity index (χ3v) is 9.90. The van der Waals surface area contributed by atoms with Gasteiger partial charge in [0.05, 0.1) is 29.3 Å². The van der Waals surface area contributed by atoms with Crippen molar-refractivity contribution in [2.75, 3.05) is 23.9 Å². The van der Waals surface area contributed by atoms with Gasteiger partial charge in [0.1, 0.15) is 5.25 Å². The smallest absolute Gasteiger partial charge is 0.416 e. The van der Waals surface area contributed by atoms with Crippen LogP contribution in [0, 0.1) is 12.8 Å². The number of benzene rings is 3. The molecule has 0 aliphatic carbocycles. The fourth-order valence-corrected chi connectivity index (χ4v) is 7.94. The molecule has 1 saturated heterocycles. The summed E-state index contributed by atoms with van der Waals surface area (Å²) < 4.78 is 51.6. The summed E-state index contributed by atoms with van der Waals surface area (Å²) in [5.41, 5.74) is 0.995. The lowest BCUT2D eigenvalue weighted by atomic mass is 9.83. The van der Waals surface area contributed by atoms with Crippen molar-refractivity contribution in [1.82, 2.24) is 4.98 Å². The van der Waals surface area contributed by atoms with Crippen LogP contribution < -0.4 is 24.6 Å². The normalized spacial score (nSPS) is 19.2. The second-order valence-electron chi connectivity index (χ2n) is 10.4. The molecule has 9 nitrogen and oxygen atoms in total. The number of anilines is 2. The fraction of sp³-hybridized carbons (Fsp3) is 0.226. The Morgan fingerprint density at radius 1 is 1.00 bits per heavy atom. The van der Waals surface area contributed by atoms with Crippen molar-refractivity contribution in [2.24, 2.45) is 5.92 Å². The van der Waals surface area contributed by atoms with Gasteiger partial charge in [0.2, 0.25) is 11.8 Å². The Labute approximate surface area is 262 Å². The predicted molar refractivity (Wildman–Crippen MR) is 162 cm³/mol. The van der Waals surface area contributed by atoms with Crippen LogP contribution in [0.15, 0.2) is 76.6 Å². The van der Waals surface area contributed by atoms with Crippen LogP contribution in [0.5, 0.6) is 11.5 Å². The molecule has 1 fully saturated rings. The van der Waals surface area contributed by atoms with Gasteiger partial charge in [-0.25, -0.2) is 4.90 Å². The van der Waals surface area contributed by atoms with E-state index >= 15 is 0 Å². The van der Waals surface area contributed by atoms with Crippen molar-refractivity contribution >= 4 is 52.2 Å². The minimum atomic E-state index is -4.67. The summed E-state index contributed by atoms with van der Waals surface area (Å²) in [6.45, 7) is 1.61. The number of thioether (sulfide) groups is 1. The number of halogens is 3. The first-order valence-electron chi connectivity index (χ1n) is 13.6. The number of aromatic nitrogens is 1. The van der Waals surface area contributed by atoms with E-state index in [2.05, 4.69) is 10.3 Å². The number of nitrogens with one attached hydrogen (secondary N) is 2. The lowest BCUT2D eigenvalue weighted by Gasteiger charge is -2.30. The third kappa shape index (κ3) is 5.82. The average Bonchev–Trinajstić information content (AvgIpc) is 3.50. The van der Waals surface area contributed by atoms with Gasteiger partial charge >= 0.3 is 11.0 Å².